The molecule has 5 nitrogen and oxygen atoms in total. The van der Waals surface area contributed by atoms with Crippen LogP contribution in [0.15, 0.2) is 51.8 Å². The summed E-state index contributed by atoms with van der Waals surface area (Å²) in [6.07, 6.45) is 3.13. The van der Waals surface area contributed by atoms with Crippen LogP contribution in [0.25, 0.3) is 11.3 Å². The first kappa shape index (κ1) is 16.9. The monoisotopic (exact) mass is 336 g/mol. The van der Waals surface area contributed by atoms with Gasteiger partial charge in [-0.05, 0) is 43.7 Å². The average molecular weight is 336 g/mol. The summed E-state index contributed by atoms with van der Waals surface area (Å²) in [6.45, 7) is 3.80. The second-order valence-corrected chi connectivity index (χ2v) is 5.92. The summed E-state index contributed by atoms with van der Waals surface area (Å²) in [5.41, 5.74) is 2.78. The van der Waals surface area contributed by atoms with Crippen molar-refractivity contribution >= 4 is 5.78 Å². The van der Waals surface area contributed by atoms with Crippen molar-refractivity contribution in [3.05, 3.63) is 75.7 Å². The van der Waals surface area contributed by atoms with Crippen molar-refractivity contribution in [3.63, 3.8) is 0 Å². The normalized spacial score (nSPS) is 10.8. The maximum absolute atomic E-state index is 12.1. The molecule has 5 heteroatoms. The lowest BCUT2D eigenvalue weighted by molar-refractivity contribution is 0.0976. The summed E-state index contributed by atoms with van der Waals surface area (Å²) in [6, 6.07) is 10.9. The Balaban J connectivity index is 1.75. The van der Waals surface area contributed by atoms with Gasteiger partial charge >= 0.3 is 0 Å². The minimum Gasteiger partial charge on any atom is -0.461 e. The molecule has 0 saturated carbocycles. The fourth-order valence-electron chi connectivity index (χ4n) is 2.73. The number of hydrogen-bond acceptors (Lipinski definition) is 4. The van der Waals surface area contributed by atoms with E-state index in [0.717, 1.165) is 22.6 Å². The molecule has 0 unspecified atom stereocenters. The van der Waals surface area contributed by atoms with E-state index in [2.05, 4.69) is 9.97 Å². The van der Waals surface area contributed by atoms with Crippen LogP contribution >= 0.6 is 0 Å². The number of carbonyl (C=O) groups is 1. The summed E-state index contributed by atoms with van der Waals surface area (Å²) in [5, 5.41) is 0. The molecule has 0 aliphatic carbocycles. The van der Waals surface area contributed by atoms with Gasteiger partial charge < -0.3 is 9.40 Å². The molecule has 3 aromatic rings. The van der Waals surface area contributed by atoms with Crippen molar-refractivity contribution in [2.45, 2.75) is 33.1 Å². The van der Waals surface area contributed by atoms with Crippen molar-refractivity contribution in [1.82, 2.24) is 9.97 Å². The summed E-state index contributed by atoms with van der Waals surface area (Å²) in [5.74, 6) is 1.43. The fourth-order valence-corrected chi connectivity index (χ4v) is 2.73. The topological polar surface area (TPSA) is 76.0 Å². The molecule has 0 aliphatic heterocycles. The number of nitrogens with zero attached hydrogens (tertiary/aromatic N) is 1. The number of H-pyrrole nitrogens is 1. The molecule has 0 bridgehead atoms. The second kappa shape index (κ2) is 7.30. The predicted octanol–water partition coefficient (Wildman–Crippen LogP) is 3.72. The number of hydrogen-bond donors (Lipinski definition) is 1. The highest BCUT2D eigenvalue weighted by Gasteiger charge is 2.13. The van der Waals surface area contributed by atoms with Gasteiger partial charge in [0.05, 0.1) is 0 Å². The third kappa shape index (κ3) is 3.76. The van der Waals surface area contributed by atoms with Gasteiger partial charge in [0.25, 0.3) is 5.56 Å². The Bertz CT molecular complexity index is 939. The molecule has 0 amide bonds. The predicted molar refractivity (Wildman–Crippen MR) is 95.8 cm³/mol. The highest BCUT2D eigenvalue weighted by atomic mass is 16.3. The van der Waals surface area contributed by atoms with Crippen LogP contribution in [0.2, 0.25) is 0 Å². The smallest absolute Gasteiger partial charge is 0.251 e. The third-order valence-electron chi connectivity index (χ3n) is 4.17. The van der Waals surface area contributed by atoms with Gasteiger partial charge in [-0.3, -0.25) is 14.6 Å². The first-order valence-electron chi connectivity index (χ1n) is 8.34. The molecular weight excluding hydrogens is 316 g/mol. The van der Waals surface area contributed by atoms with Gasteiger partial charge in [0.1, 0.15) is 17.2 Å². The highest BCUT2D eigenvalue weighted by Crippen LogP contribution is 2.25. The van der Waals surface area contributed by atoms with Gasteiger partial charge in [-0.25, -0.2) is 0 Å². The average Bonchev–Trinajstić information content (AvgIpc) is 3.09. The van der Waals surface area contributed by atoms with Gasteiger partial charge in [-0.1, -0.05) is 13.0 Å². The molecule has 0 radical (unpaired) electrons. The van der Waals surface area contributed by atoms with Gasteiger partial charge in [0.2, 0.25) is 0 Å². The van der Waals surface area contributed by atoms with Crippen LogP contribution in [0.1, 0.15) is 40.9 Å². The molecule has 3 heterocycles. The number of aromatic amines is 1. The Labute approximate surface area is 145 Å². The first-order chi connectivity index (χ1) is 12.1. The Morgan fingerprint density at radius 1 is 1.24 bits per heavy atom. The van der Waals surface area contributed by atoms with E-state index < -0.39 is 0 Å². The lowest BCUT2D eigenvalue weighted by Gasteiger charge is -2.05. The number of aromatic nitrogens is 2. The van der Waals surface area contributed by atoms with Crippen molar-refractivity contribution in [3.8, 4) is 11.3 Å². The lowest BCUT2D eigenvalue weighted by Crippen LogP contribution is -2.13. The van der Waals surface area contributed by atoms with Crippen LogP contribution in [-0.2, 0) is 12.8 Å². The van der Waals surface area contributed by atoms with E-state index in [9.17, 15) is 9.59 Å². The van der Waals surface area contributed by atoms with Crippen LogP contribution < -0.4 is 5.56 Å². The molecule has 0 saturated heterocycles. The number of carbonyl (C=O) groups excluding carboxylic acids is 1. The minimum absolute atomic E-state index is 0.00737. The molecule has 1 N–H and O–H groups in total. The SMILES string of the molecule is CCc1cc(-c2ccc(CCC(=O)c3ccccn3)o2)c(C)[nH]c1=O. The minimum atomic E-state index is -0.0588. The molecule has 3 rings (SSSR count). The molecule has 25 heavy (non-hydrogen) atoms. The first-order valence-corrected chi connectivity index (χ1v) is 8.34. The molecule has 0 spiro atoms. The van der Waals surface area contributed by atoms with Crippen LogP contribution in [0.4, 0.5) is 0 Å². The summed E-state index contributed by atoms with van der Waals surface area (Å²) >= 11 is 0. The molecule has 0 aromatic carbocycles. The van der Waals surface area contributed by atoms with Crippen molar-refractivity contribution < 1.29 is 9.21 Å². The fraction of sp³-hybridized carbons (Fsp3) is 0.250. The number of Topliss-reactive ketones (excluding diaryl/α,β-unsaturated/α-hetero) is 1. The van der Waals surface area contributed by atoms with E-state index in [4.69, 9.17) is 4.42 Å². The third-order valence-corrected chi connectivity index (χ3v) is 4.17. The molecular formula is C20H20N2O3. The number of ketones is 1. The van der Waals surface area contributed by atoms with Crippen molar-refractivity contribution in [2.75, 3.05) is 0 Å². The van der Waals surface area contributed by atoms with Gasteiger partial charge in [-0.2, -0.15) is 0 Å². The van der Waals surface area contributed by atoms with E-state index in [1.165, 1.54) is 0 Å². The Morgan fingerprint density at radius 2 is 2.08 bits per heavy atom. The van der Waals surface area contributed by atoms with Gasteiger partial charge in [-0.15, -0.1) is 0 Å². The van der Waals surface area contributed by atoms with E-state index in [0.29, 0.717) is 30.7 Å². The van der Waals surface area contributed by atoms with E-state index in [1.54, 1.807) is 24.4 Å². The van der Waals surface area contributed by atoms with Crippen molar-refractivity contribution in [2.24, 2.45) is 0 Å². The van der Waals surface area contributed by atoms with E-state index in [1.807, 2.05) is 32.0 Å². The van der Waals surface area contributed by atoms with Gasteiger partial charge in [0, 0.05) is 35.9 Å². The number of furan rings is 1. The zero-order valence-corrected chi connectivity index (χ0v) is 14.3. The van der Waals surface area contributed by atoms with Crippen LogP contribution in [0, 0.1) is 6.92 Å². The number of aryl methyl sites for hydroxylation is 3. The Hall–Kier alpha value is -2.95. The largest absolute Gasteiger partial charge is 0.461 e. The molecule has 128 valence electrons. The zero-order chi connectivity index (χ0) is 17.8. The van der Waals surface area contributed by atoms with Crippen LogP contribution in [0.3, 0.4) is 0 Å². The zero-order valence-electron chi connectivity index (χ0n) is 14.3. The Morgan fingerprint density at radius 3 is 2.80 bits per heavy atom. The molecule has 3 aromatic heterocycles. The standard InChI is InChI=1S/C20H20N2O3/c1-3-14-12-16(13(2)22-20(14)24)19-10-8-15(25-19)7-9-18(23)17-6-4-5-11-21-17/h4-6,8,10-12H,3,7,9H2,1-2H3,(H,22,24). The lowest BCUT2D eigenvalue weighted by atomic mass is 10.1. The van der Waals surface area contributed by atoms with Crippen molar-refractivity contribution in [1.29, 1.82) is 0 Å². The van der Waals surface area contributed by atoms with E-state index >= 15 is 0 Å². The number of pyridine rings is 2. The molecule has 0 fully saturated rings. The number of rotatable bonds is 6. The molecule has 0 aliphatic rings. The van der Waals surface area contributed by atoms with Crippen LogP contribution in [-0.4, -0.2) is 15.8 Å². The highest BCUT2D eigenvalue weighted by molar-refractivity contribution is 5.94. The number of nitrogens with one attached hydrogen (secondary N) is 1. The van der Waals surface area contributed by atoms with Gasteiger partial charge in [0.15, 0.2) is 5.78 Å². The maximum atomic E-state index is 12.1. The molecule has 0 atom stereocenters. The second-order valence-electron chi connectivity index (χ2n) is 5.92. The summed E-state index contributed by atoms with van der Waals surface area (Å²) < 4.78 is 5.88. The van der Waals surface area contributed by atoms with Crippen LogP contribution in [0.5, 0.6) is 0 Å². The summed E-state index contributed by atoms with van der Waals surface area (Å²) in [7, 11) is 0. The Kier molecular flexibility index (Phi) is 4.93. The quantitative estimate of drug-likeness (QED) is 0.696. The summed E-state index contributed by atoms with van der Waals surface area (Å²) in [4.78, 5) is 30.9. The maximum Gasteiger partial charge on any atom is 0.251 e. The van der Waals surface area contributed by atoms with E-state index in [-0.39, 0.29) is 11.3 Å².